The van der Waals surface area contributed by atoms with Gasteiger partial charge in [0.2, 0.25) is 0 Å². The van der Waals surface area contributed by atoms with Gasteiger partial charge in [0.05, 0.1) is 25.0 Å². The molecule has 0 saturated carbocycles. The van der Waals surface area contributed by atoms with Crippen molar-refractivity contribution in [2.75, 3.05) is 14.2 Å². The van der Waals surface area contributed by atoms with Gasteiger partial charge in [0.15, 0.2) is 11.5 Å². The van der Waals surface area contributed by atoms with Crippen LogP contribution >= 0.6 is 0 Å². The molecule has 0 bridgehead atoms. The highest BCUT2D eigenvalue weighted by molar-refractivity contribution is 5.91. The summed E-state index contributed by atoms with van der Waals surface area (Å²) in [5.74, 6) is -2.27. The van der Waals surface area contributed by atoms with E-state index in [9.17, 15) is 24.6 Å². The number of carboxylic acid groups (broad SMARTS) is 2. The summed E-state index contributed by atoms with van der Waals surface area (Å²) in [6.07, 6.45) is 3.67. The Morgan fingerprint density at radius 1 is 0.946 bits per heavy atom. The Morgan fingerprint density at radius 2 is 1.62 bits per heavy atom. The summed E-state index contributed by atoms with van der Waals surface area (Å²) >= 11 is 0. The second-order valence-corrected chi connectivity index (χ2v) is 10.2. The van der Waals surface area contributed by atoms with E-state index in [4.69, 9.17) is 9.47 Å². The summed E-state index contributed by atoms with van der Waals surface area (Å²) < 4.78 is 10.7. The van der Waals surface area contributed by atoms with Crippen LogP contribution in [-0.4, -0.2) is 42.2 Å². The lowest BCUT2D eigenvalue weighted by Crippen LogP contribution is -2.51. The van der Waals surface area contributed by atoms with Crippen LogP contribution in [0.25, 0.3) is 0 Å². The van der Waals surface area contributed by atoms with Crippen LogP contribution < -0.4 is 9.47 Å². The van der Waals surface area contributed by atoms with Crippen LogP contribution in [0, 0.1) is 16.7 Å². The summed E-state index contributed by atoms with van der Waals surface area (Å²) in [4.78, 5) is 38.5. The molecular formula is C30H36O7. The van der Waals surface area contributed by atoms with E-state index in [1.54, 1.807) is 25.1 Å². The van der Waals surface area contributed by atoms with Gasteiger partial charge in [-0.3, -0.25) is 14.4 Å². The first-order valence-corrected chi connectivity index (χ1v) is 12.5. The van der Waals surface area contributed by atoms with E-state index in [-0.39, 0.29) is 25.0 Å². The van der Waals surface area contributed by atoms with E-state index in [1.165, 1.54) is 21.1 Å². The molecular weight excluding hydrogens is 472 g/mol. The van der Waals surface area contributed by atoms with Crippen LogP contribution in [0.4, 0.5) is 0 Å². The zero-order chi connectivity index (χ0) is 27.2. The fraction of sp³-hybridized carbons (Fsp3) is 0.433. The van der Waals surface area contributed by atoms with E-state index in [1.807, 2.05) is 36.4 Å². The maximum absolute atomic E-state index is 13.2. The van der Waals surface area contributed by atoms with Gasteiger partial charge in [-0.05, 0) is 75.6 Å². The molecule has 2 N–H and O–H groups in total. The molecule has 0 heterocycles. The molecule has 3 unspecified atom stereocenters. The number of carbonyl (C=O) groups is 3. The SMILES string of the molecule is COc1ccc(CC2=CCC(C)(C(=O)O)CC2(C(=O)O)C(CCCc2ccccc2)C(C)=O)cc1OC. The molecule has 2 aromatic carbocycles. The molecule has 3 atom stereocenters. The summed E-state index contributed by atoms with van der Waals surface area (Å²) in [5, 5.41) is 20.8. The minimum atomic E-state index is -1.64. The van der Waals surface area contributed by atoms with Gasteiger partial charge >= 0.3 is 11.9 Å². The van der Waals surface area contributed by atoms with Gasteiger partial charge in [0.25, 0.3) is 0 Å². The highest BCUT2D eigenvalue weighted by Gasteiger charge is 2.57. The number of aliphatic carboxylic acids is 2. The van der Waals surface area contributed by atoms with Crippen LogP contribution in [-0.2, 0) is 27.2 Å². The second-order valence-electron chi connectivity index (χ2n) is 10.2. The van der Waals surface area contributed by atoms with Crippen molar-refractivity contribution in [1.82, 2.24) is 0 Å². The number of hydrogen-bond acceptors (Lipinski definition) is 5. The number of rotatable bonds is 12. The molecule has 0 aliphatic heterocycles. The lowest BCUT2D eigenvalue weighted by atomic mass is 9.55. The minimum absolute atomic E-state index is 0.153. The Hall–Kier alpha value is -3.61. The second kappa shape index (κ2) is 11.6. The number of carbonyl (C=O) groups excluding carboxylic acids is 1. The fourth-order valence-electron chi connectivity index (χ4n) is 5.60. The Balaban J connectivity index is 2.04. The number of benzene rings is 2. The van der Waals surface area contributed by atoms with Crippen molar-refractivity contribution in [3.8, 4) is 11.5 Å². The molecule has 0 amide bonds. The van der Waals surface area contributed by atoms with Gasteiger partial charge in [-0.2, -0.15) is 0 Å². The summed E-state index contributed by atoms with van der Waals surface area (Å²) in [6.45, 7) is 2.98. The molecule has 0 saturated heterocycles. The monoisotopic (exact) mass is 508 g/mol. The number of aryl methyl sites for hydroxylation is 1. The molecule has 0 radical (unpaired) electrons. The fourth-order valence-corrected chi connectivity index (χ4v) is 5.60. The number of ketones is 1. The number of carboxylic acids is 2. The van der Waals surface area contributed by atoms with Crippen molar-refractivity contribution < 1.29 is 34.1 Å². The molecule has 198 valence electrons. The van der Waals surface area contributed by atoms with Gasteiger partial charge in [0, 0.05) is 5.92 Å². The lowest BCUT2D eigenvalue weighted by Gasteiger charge is -2.46. The third kappa shape index (κ3) is 5.87. The number of Topliss-reactive ketones (excluding diaryl/α,β-unsaturated/α-hetero) is 1. The van der Waals surface area contributed by atoms with Gasteiger partial charge in [-0.1, -0.05) is 48.0 Å². The predicted molar refractivity (Wildman–Crippen MR) is 140 cm³/mol. The highest BCUT2D eigenvalue weighted by atomic mass is 16.5. The molecule has 0 fully saturated rings. The Labute approximate surface area is 218 Å². The van der Waals surface area contributed by atoms with Gasteiger partial charge in [0.1, 0.15) is 5.78 Å². The Morgan fingerprint density at radius 3 is 2.19 bits per heavy atom. The third-order valence-electron chi connectivity index (χ3n) is 7.67. The van der Waals surface area contributed by atoms with E-state index < -0.39 is 28.7 Å². The number of ether oxygens (including phenoxy) is 2. The van der Waals surface area contributed by atoms with Crippen LogP contribution in [0.1, 0.15) is 50.7 Å². The molecule has 37 heavy (non-hydrogen) atoms. The molecule has 0 aromatic heterocycles. The summed E-state index contributed by atoms with van der Waals surface area (Å²) in [5.41, 5.74) is -0.478. The Kier molecular flexibility index (Phi) is 8.79. The van der Waals surface area contributed by atoms with E-state index >= 15 is 0 Å². The molecule has 1 aliphatic carbocycles. The van der Waals surface area contributed by atoms with E-state index in [2.05, 4.69) is 0 Å². The first kappa shape index (κ1) is 28.0. The van der Waals surface area contributed by atoms with Gasteiger partial charge < -0.3 is 19.7 Å². The number of methoxy groups -OCH3 is 2. The van der Waals surface area contributed by atoms with Crippen molar-refractivity contribution in [2.45, 2.75) is 52.4 Å². The molecule has 2 aromatic rings. The largest absolute Gasteiger partial charge is 0.493 e. The van der Waals surface area contributed by atoms with Gasteiger partial charge in [-0.15, -0.1) is 0 Å². The maximum atomic E-state index is 13.2. The maximum Gasteiger partial charge on any atom is 0.314 e. The minimum Gasteiger partial charge on any atom is -0.493 e. The highest BCUT2D eigenvalue weighted by Crippen LogP contribution is 2.54. The Bertz CT molecular complexity index is 1170. The van der Waals surface area contributed by atoms with Crippen LogP contribution in [0.5, 0.6) is 11.5 Å². The lowest BCUT2D eigenvalue weighted by molar-refractivity contribution is -0.162. The quantitative estimate of drug-likeness (QED) is 0.372. The first-order chi connectivity index (χ1) is 17.6. The number of allylic oxidation sites excluding steroid dienone is 1. The molecule has 7 heteroatoms. The molecule has 0 spiro atoms. The normalized spacial score (nSPS) is 22.0. The number of hydrogen-bond donors (Lipinski definition) is 2. The van der Waals surface area contributed by atoms with Crippen molar-refractivity contribution >= 4 is 17.7 Å². The third-order valence-corrected chi connectivity index (χ3v) is 7.67. The van der Waals surface area contributed by atoms with E-state index in [0.29, 0.717) is 36.3 Å². The average Bonchev–Trinajstić information content (AvgIpc) is 2.88. The van der Waals surface area contributed by atoms with Crippen molar-refractivity contribution in [3.05, 3.63) is 71.3 Å². The van der Waals surface area contributed by atoms with Crippen LogP contribution in [0.3, 0.4) is 0 Å². The smallest absolute Gasteiger partial charge is 0.314 e. The molecule has 3 rings (SSSR count). The van der Waals surface area contributed by atoms with Crippen molar-refractivity contribution in [2.24, 2.45) is 16.7 Å². The summed E-state index contributed by atoms with van der Waals surface area (Å²) in [7, 11) is 3.07. The van der Waals surface area contributed by atoms with Gasteiger partial charge in [-0.25, -0.2) is 0 Å². The zero-order valence-corrected chi connectivity index (χ0v) is 22.0. The van der Waals surface area contributed by atoms with E-state index in [0.717, 1.165) is 11.1 Å². The van der Waals surface area contributed by atoms with Crippen molar-refractivity contribution in [3.63, 3.8) is 0 Å². The first-order valence-electron chi connectivity index (χ1n) is 12.5. The topological polar surface area (TPSA) is 110 Å². The van der Waals surface area contributed by atoms with Crippen LogP contribution in [0.15, 0.2) is 60.2 Å². The summed E-state index contributed by atoms with van der Waals surface area (Å²) in [6, 6.07) is 15.2. The van der Waals surface area contributed by atoms with Crippen LogP contribution in [0.2, 0.25) is 0 Å². The molecule has 7 nitrogen and oxygen atoms in total. The zero-order valence-electron chi connectivity index (χ0n) is 22.0. The average molecular weight is 509 g/mol. The predicted octanol–water partition coefficient (Wildman–Crippen LogP) is 5.36. The molecule has 1 aliphatic rings. The van der Waals surface area contributed by atoms with Crippen molar-refractivity contribution in [1.29, 1.82) is 0 Å². The standard InChI is InChI=1S/C30H36O7/c1-20(31)24(12-8-11-21-9-6-5-7-10-21)30(28(34)35)19-29(2,27(32)33)16-15-23(30)17-22-13-14-25(36-3)26(18-22)37-4/h5-7,9-10,13-15,18,24H,8,11-12,16-17,19H2,1-4H3,(H,32,33)(H,34,35).